The first kappa shape index (κ1) is 10.9. The van der Waals surface area contributed by atoms with Gasteiger partial charge in [-0.3, -0.25) is 4.79 Å². The molecule has 0 atom stereocenters. The molecular weight excluding hydrogens is 282 g/mol. The van der Waals surface area contributed by atoms with Crippen molar-refractivity contribution in [1.29, 1.82) is 0 Å². The SMILES string of the molecule is O=c1ccc(-c2cc(Br)c(F)cc2F)n[nH]1. The summed E-state index contributed by atoms with van der Waals surface area (Å²) in [7, 11) is 0. The standard InChI is InChI=1S/C10H5BrF2N2O/c11-6-3-5(7(12)4-8(6)13)9-1-2-10(16)15-14-9/h1-4H,(H,15,16). The van der Waals surface area contributed by atoms with Gasteiger partial charge in [-0.25, -0.2) is 13.9 Å². The average Bonchev–Trinajstić information content (AvgIpc) is 2.25. The van der Waals surface area contributed by atoms with Crippen LogP contribution >= 0.6 is 15.9 Å². The number of nitrogens with zero attached hydrogens (tertiary/aromatic N) is 1. The third kappa shape index (κ3) is 2.01. The fourth-order valence-electron chi connectivity index (χ4n) is 1.21. The minimum atomic E-state index is -0.736. The fourth-order valence-corrected chi connectivity index (χ4v) is 1.56. The van der Waals surface area contributed by atoms with Crippen molar-refractivity contribution < 1.29 is 8.78 Å². The van der Waals surface area contributed by atoms with E-state index in [0.717, 1.165) is 6.07 Å². The zero-order valence-corrected chi connectivity index (χ0v) is 9.38. The molecule has 0 radical (unpaired) electrons. The third-order valence-electron chi connectivity index (χ3n) is 1.97. The Bertz CT molecular complexity index is 577. The molecule has 0 unspecified atom stereocenters. The van der Waals surface area contributed by atoms with Crippen LogP contribution in [0.1, 0.15) is 0 Å². The van der Waals surface area contributed by atoms with Gasteiger partial charge in [-0.15, -0.1) is 0 Å². The molecule has 1 aromatic heterocycles. The van der Waals surface area contributed by atoms with E-state index in [0.29, 0.717) is 0 Å². The van der Waals surface area contributed by atoms with E-state index in [4.69, 9.17) is 0 Å². The highest BCUT2D eigenvalue weighted by Gasteiger charge is 2.11. The van der Waals surface area contributed by atoms with Gasteiger partial charge in [-0.1, -0.05) is 0 Å². The van der Waals surface area contributed by atoms with E-state index in [2.05, 4.69) is 26.1 Å². The van der Waals surface area contributed by atoms with Gasteiger partial charge in [-0.05, 0) is 28.1 Å². The van der Waals surface area contributed by atoms with Gasteiger partial charge in [0.2, 0.25) is 0 Å². The Labute approximate surface area is 97.3 Å². The summed E-state index contributed by atoms with van der Waals surface area (Å²) in [5, 5.41) is 5.84. The molecule has 0 bridgehead atoms. The molecule has 0 amide bonds. The Balaban J connectivity index is 2.60. The Kier molecular flexibility index (Phi) is 2.82. The Hall–Kier alpha value is -1.56. The molecule has 0 aliphatic carbocycles. The van der Waals surface area contributed by atoms with Crippen molar-refractivity contribution in [2.45, 2.75) is 0 Å². The molecule has 6 heteroatoms. The molecule has 0 saturated carbocycles. The summed E-state index contributed by atoms with van der Waals surface area (Å²) < 4.78 is 26.5. The number of rotatable bonds is 1. The molecule has 1 heterocycles. The summed E-state index contributed by atoms with van der Waals surface area (Å²) in [6.45, 7) is 0. The molecule has 0 spiro atoms. The van der Waals surface area contributed by atoms with Gasteiger partial charge < -0.3 is 0 Å². The number of benzene rings is 1. The highest BCUT2D eigenvalue weighted by Crippen LogP contribution is 2.26. The van der Waals surface area contributed by atoms with E-state index < -0.39 is 11.6 Å². The van der Waals surface area contributed by atoms with Crippen molar-refractivity contribution in [1.82, 2.24) is 10.2 Å². The highest BCUT2D eigenvalue weighted by molar-refractivity contribution is 9.10. The molecule has 1 aromatic carbocycles. The van der Waals surface area contributed by atoms with Crippen LogP contribution in [-0.2, 0) is 0 Å². The van der Waals surface area contributed by atoms with Gasteiger partial charge in [0.1, 0.15) is 11.6 Å². The second kappa shape index (κ2) is 4.13. The van der Waals surface area contributed by atoms with Crippen molar-refractivity contribution in [2.24, 2.45) is 0 Å². The highest BCUT2D eigenvalue weighted by atomic mass is 79.9. The summed E-state index contributed by atoms with van der Waals surface area (Å²) >= 11 is 2.95. The maximum Gasteiger partial charge on any atom is 0.264 e. The molecular formula is C10H5BrF2N2O. The molecule has 0 aliphatic heterocycles. The van der Waals surface area contributed by atoms with E-state index in [9.17, 15) is 13.6 Å². The summed E-state index contributed by atoms with van der Waals surface area (Å²) in [4.78, 5) is 10.8. The van der Waals surface area contributed by atoms with Gasteiger partial charge in [0.25, 0.3) is 5.56 Å². The maximum absolute atomic E-state index is 13.4. The van der Waals surface area contributed by atoms with Crippen LogP contribution in [0.15, 0.2) is 33.5 Å². The third-order valence-corrected chi connectivity index (χ3v) is 2.57. The van der Waals surface area contributed by atoms with Crippen molar-refractivity contribution in [2.75, 3.05) is 0 Å². The number of H-pyrrole nitrogens is 1. The van der Waals surface area contributed by atoms with Gasteiger partial charge >= 0.3 is 0 Å². The van der Waals surface area contributed by atoms with E-state index in [-0.39, 0.29) is 21.3 Å². The van der Waals surface area contributed by atoms with Crippen molar-refractivity contribution in [3.05, 3.63) is 50.7 Å². The molecule has 2 aromatic rings. The second-order valence-corrected chi connectivity index (χ2v) is 3.91. The van der Waals surface area contributed by atoms with Gasteiger partial charge in [-0.2, -0.15) is 5.10 Å². The van der Waals surface area contributed by atoms with Crippen LogP contribution in [0, 0.1) is 11.6 Å². The monoisotopic (exact) mass is 286 g/mol. The molecule has 0 fully saturated rings. The lowest BCUT2D eigenvalue weighted by atomic mass is 10.1. The van der Waals surface area contributed by atoms with E-state index in [1.807, 2.05) is 0 Å². The van der Waals surface area contributed by atoms with Gasteiger partial charge in [0.15, 0.2) is 0 Å². The number of aromatic amines is 1. The van der Waals surface area contributed by atoms with Crippen molar-refractivity contribution in [3.63, 3.8) is 0 Å². The van der Waals surface area contributed by atoms with Crippen LogP contribution in [0.5, 0.6) is 0 Å². The molecule has 0 aliphatic rings. The lowest BCUT2D eigenvalue weighted by Crippen LogP contribution is -2.06. The van der Waals surface area contributed by atoms with E-state index in [1.165, 1.54) is 18.2 Å². The Morgan fingerprint density at radius 2 is 1.94 bits per heavy atom. The van der Waals surface area contributed by atoms with Crippen LogP contribution < -0.4 is 5.56 Å². The summed E-state index contributed by atoms with van der Waals surface area (Å²) in [5.74, 6) is -1.43. The van der Waals surface area contributed by atoms with Gasteiger partial charge in [0.05, 0.1) is 10.2 Å². The molecule has 3 nitrogen and oxygen atoms in total. The minimum Gasteiger partial charge on any atom is -0.268 e. The molecule has 1 N–H and O–H groups in total. The summed E-state index contributed by atoms with van der Waals surface area (Å²) in [6.07, 6.45) is 0. The number of hydrogen-bond acceptors (Lipinski definition) is 2. The molecule has 82 valence electrons. The average molecular weight is 287 g/mol. The van der Waals surface area contributed by atoms with Crippen LogP contribution in [-0.4, -0.2) is 10.2 Å². The first-order chi connectivity index (χ1) is 7.58. The first-order valence-corrected chi connectivity index (χ1v) is 5.08. The fraction of sp³-hybridized carbons (Fsp3) is 0. The number of aromatic nitrogens is 2. The largest absolute Gasteiger partial charge is 0.268 e. The van der Waals surface area contributed by atoms with Crippen molar-refractivity contribution >= 4 is 15.9 Å². The topological polar surface area (TPSA) is 45.8 Å². The van der Waals surface area contributed by atoms with E-state index in [1.54, 1.807) is 0 Å². The minimum absolute atomic E-state index is 0.115. The lowest BCUT2D eigenvalue weighted by Gasteiger charge is -2.03. The zero-order chi connectivity index (χ0) is 11.7. The van der Waals surface area contributed by atoms with Crippen LogP contribution in [0.4, 0.5) is 8.78 Å². The normalized spacial score (nSPS) is 10.4. The summed E-state index contributed by atoms with van der Waals surface area (Å²) in [5.41, 5.74) is -0.0346. The molecule has 0 saturated heterocycles. The first-order valence-electron chi connectivity index (χ1n) is 4.28. The van der Waals surface area contributed by atoms with Crippen LogP contribution in [0.25, 0.3) is 11.3 Å². The second-order valence-electron chi connectivity index (χ2n) is 3.05. The molecule has 16 heavy (non-hydrogen) atoms. The maximum atomic E-state index is 13.4. The molecule has 2 rings (SSSR count). The summed E-state index contributed by atoms with van der Waals surface area (Å²) in [6, 6.07) is 4.61. The van der Waals surface area contributed by atoms with E-state index >= 15 is 0 Å². The predicted octanol–water partition coefficient (Wildman–Crippen LogP) is 2.48. The zero-order valence-electron chi connectivity index (χ0n) is 7.80. The number of nitrogens with one attached hydrogen (secondary N) is 1. The predicted molar refractivity (Wildman–Crippen MR) is 57.9 cm³/mol. The van der Waals surface area contributed by atoms with Crippen molar-refractivity contribution in [3.8, 4) is 11.3 Å². The number of halogens is 3. The van der Waals surface area contributed by atoms with Crippen LogP contribution in [0.3, 0.4) is 0 Å². The van der Waals surface area contributed by atoms with Crippen LogP contribution in [0.2, 0.25) is 0 Å². The smallest absolute Gasteiger partial charge is 0.264 e. The lowest BCUT2D eigenvalue weighted by molar-refractivity contribution is 0.580. The quantitative estimate of drug-likeness (QED) is 0.819. The Morgan fingerprint density at radius 3 is 2.56 bits per heavy atom. The number of hydrogen-bond donors (Lipinski definition) is 1. The van der Waals surface area contributed by atoms with Gasteiger partial charge in [0, 0.05) is 17.7 Å². The Morgan fingerprint density at radius 1 is 1.19 bits per heavy atom.